The summed E-state index contributed by atoms with van der Waals surface area (Å²) in [6, 6.07) is 12.6. The van der Waals surface area contributed by atoms with Gasteiger partial charge in [0, 0.05) is 5.22 Å². The van der Waals surface area contributed by atoms with E-state index in [1.165, 1.54) is 22.3 Å². The molecule has 0 N–H and O–H groups in total. The highest BCUT2D eigenvalue weighted by Crippen LogP contribution is 2.35. The quantitative estimate of drug-likeness (QED) is 0.614. The van der Waals surface area contributed by atoms with Crippen molar-refractivity contribution in [3.8, 4) is 11.1 Å². The number of hydrogen-bond acceptors (Lipinski definition) is 2. The Morgan fingerprint density at radius 2 is 1.90 bits per heavy atom. The van der Waals surface area contributed by atoms with Crippen LogP contribution in [0, 0.1) is 0 Å². The summed E-state index contributed by atoms with van der Waals surface area (Å²) in [5.41, 5.74) is 6.69. The molecule has 0 saturated carbocycles. The van der Waals surface area contributed by atoms with Crippen LogP contribution in [0.3, 0.4) is 0 Å². The number of carbonyl (C=O) groups is 1. The number of ketones is 1. The standard InChI is InChI=1S/C19H11NO/c21-17-7-3-6-15-19(17)18-14-10-11-4-1-2-5-12(11)13(14)8-9-16(18)20-15/h1-9H,10H2. The number of nitrogens with zero attached hydrogens (tertiary/aromatic N) is 1. The van der Waals surface area contributed by atoms with E-state index in [9.17, 15) is 4.79 Å². The molecule has 0 bridgehead atoms. The van der Waals surface area contributed by atoms with Gasteiger partial charge in [0.15, 0.2) is 5.78 Å². The van der Waals surface area contributed by atoms with Crippen LogP contribution in [0.2, 0.25) is 0 Å². The molecule has 5 rings (SSSR count). The topological polar surface area (TPSA) is 29.4 Å². The first-order chi connectivity index (χ1) is 10.3. The molecule has 2 nitrogen and oxygen atoms in total. The van der Waals surface area contributed by atoms with Crippen molar-refractivity contribution >= 4 is 11.4 Å². The fourth-order valence-electron chi connectivity index (χ4n) is 3.56. The van der Waals surface area contributed by atoms with Gasteiger partial charge in [0.05, 0.1) is 16.6 Å². The Hall–Kier alpha value is -2.74. The monoisotopic (exact) mass is 269 g/mol. The fraction of sp³-hybridized carbons (Fsp3) is 0.0526. The maximum Gasteiger partial charge on any atom is 0.188 e. The summed E-state index contributed by atoms with van der Waals surface area (Å²) in [5.74, 6) is 0.0688. The number of fused-ring (bicyclic) bond motifs is 6. The number of rotatable bonds is 0. The van der Waals surface area contributed by atoms with E-state index in [0.717, 1.165) is 28.3 Å². The highest BCUT2D eigenvalue weighted by Gasteiger charge is 2.26. The Kier molecular flexibility index (Phi) is 1.92. The van der Waals surface area contributed by atoms with Crippen LogP contribution in [-0.4, -0.2) is 5.78 Å². The Morgan fingerprint density at radius 1 is 1.00 bits per heavy atom. The minimum absolute atomic E-state index is 0.0688. The van der Waals surface area contributed by atoms with Crippen LogP contribution >= 0.6 is 0 Å². The molecule has 21 heavy (non-hydrogen) atoms. The molecule has 2 aromatic rings. The van der Waals surface area contributed by atoms with E-state index in [0.29, 0.717) is 0 Å². The molecule has 3 aliphatic rings. The van der Waals surface area contributed by atoms with Gasteiger partial charge in [0.25, 0.3) is 0 Å². The van der Waals surface area contributed by atoms with Gasteiger partial charge in [0.1, 0.15) is 0 Å². The van der Waals surface area contributed by atoms with Crippen LogP contribution in [0.15, 0.2) is 65.3 Å². The van der Waals surface area contributed by atoms with Crippen LogP contribution < -0.4 is 10.6 Å². The predicted octanol–water partition coefficient (Wildman–Crippen LogP) is 2.06. The highest BCUT2D eigenvalue weighted by atomic mass is 16.1. The molecule has 1 aliphatic heterocycles. The van der Waals surface area contributed by atoms with Gasteiger partial charge in [-0.25, -0.2) is 4.99 Å². The smallest absolute Gasteiger partial charge is 0.188 e. The van der Waals surface area contributed by atoms with Crippen LogP contribution in [0.4, 0.5) is 0 Å². The largest absolute Gasteiger partial charge is 0.289 e. The van der Waals surface area contributed by atoms with Crippen molar-refractivity contribution in [1.29, 1.82) is 0 Å². The second-order valence-corrected chi connectivity index (χ2v) is 5.58. The van der Waals surface area contributed by atoms with E-state index in [4.69, 9.17) is 0 Å². The molecule has 0 atom stereocenters. The molecule has 0 amide bonds. The summed E-state index contributed by atoms with van der Waals surface area (Å²) in [6.07, 6.45) is 6.22. The third-order valence-electron chi connectivity index (χ3n) is 4.46. The summed E-state index contributed by atoms with van der Waals surface area (Å²) in [5, 5.41) is 1.98. The van der Waals surface area contributed by atoms with E-state index in [-0.39, 0.29) is 5.78 Å². The first kappa shape index (κ1) is 11.0. The van der Waals surface area contributed by atoms with Crippen molar-refractivity contribution in [2.24, 2.45) is 4.99 Å². The summed E-state index contributed by atoms with van der Waals surface area (Å²) >= 11 is 0. The molecule has 98 valence electrons. The maximum absolute atomic E-state index is 12.3. The lowest BCUT2D eigenvalue weighted by molar-refractivity contribution is -0.109. The number of hydrogen-bond donors (Lipinski definition) is 0. The molecule has 2 aromatic carbocycles. The van der Waals surface area contributed by atoms with Crippen LogP contribution in [0.5, 0.6) is 0 Å². The highest BCUT2D eigenvalue weighted by molar-refractivity contribution is 6.27. The molecule has 0 saturated heterocycles. The SMILES string of the molecule is O=C1C=CC=C2N=c3ccc4c(c3=C12)Cc1ccccc1-4. The van der Waals surface area contributed by atoms with Crippen LogP contribution in [0.1, 0.15) is 11.1 Å². The lowest BCUT2D eigenvalue weighted by Gasteiger charge is -2.05. The summed E-state index contributed by atoms with van der Waals surface area (Å²) in [7, 11) is 0. The molecule has 0 spiro atoms. The minimum Gasteiger partial charge on any atom is -0.289 e. The Bertz CT molecular complexity index is 1020. The average molecular weight is 269 g/mol. The molecule has 1 heterocycles. The van der Waals surface area contributed by atoms with Crippen molar-refractivity contribution in [3.63, 3.8) is 0 Å². The third-order valence-corrected chi connectivity index (χ3v) is 4.46. The molecular weight excluding hydrogens is 258 g/mol. The van der Waals surface area contributed by atoms with Gasteiger partial charge in [-0.05, 0) is 46.9 Å². The summed E-state index contributed by atoms with van der Waals surface area (Å²) in [4.78, 5) is 16.9. The van der Waals surface area contributed by atoms with Gasteiger partial charge in [-0.2, -0.15) is 0 Å². The van der Waals surface area contributed by atoms with Gasteiger partial charge in [0.2, 0.25) is 0 Å². The van der Waals surface area contributed by atoms with Crippen molar-refractivity contribution in [2.45, 2.75) is 6.42 Å². The number of benzene rings is 2. The molecule has 2 aliphatic carbocycles. The molecule has 0 fully saturated rings. The average Bonchev–Trinajstić information content (AvgIpc) is 3.05. The Balaban J connectivity index is 1.94. The van der Waals surface area contributed by atoms with Gasteiger partial charge in [-0.15, -0.1) is 0 Å². The van der Waals surface area contributed by atoms with E-state index < -0.39 is 0 Å². The van der Waals surface area contributed by atoms with Crippen molar-refractivity contribution in [3.05, 3.63) is 82.0 Å². The number of allylic oxidation sites excluding steroid dienone is 4. The molecule has 2 heteroatoms. The lowest BCUT2D eigenvalue weighted by Crippen LogP contribution is -2.29. The van der Waals surface area contributed by atoms with Gasteiger partial charge in [-0.3, -0.25) is 4.79 Å². The number of carbonyl (C=O) groups excluding carboxylic acids is 1. The first-order valence-corrected chi connectivity index (χ1v) is 7.09. The predicted molar refractivity (Wildman–Crippen MR) is 81.1 cm³/mol. The molecule has 0 aromatic heterocycles. The normalized spacial score (nSPS) is 16.9. The molecule has 0 unspecified atom stereocenters. The Morgan fingerprint density at radius 3 is 2.86 bits per heavy atom. The summed E-state index contributed by atoms with van der Waals surface area (Å²) < 4.78 is 0. The maximum atomic E-state index is 12.3. The summed E-state index contributed by atoms with van der Waals surface area (Å²) in [6.45, 7) is 0. The van der Waals surface area contributed by atoms with E-state index >= 15 is 0 Å². The molecular formula is C19H11NO. The zero-order valence-corrected chi connectivity index (χ0v) is 11.3. The zero-order chi connectivity index (χ0) is 14.0. The molecule has 0 radical (unpaired) electrons. The van der Waals surface area contributed by atoms with Crippen LogP contribution in [0.25, 0.3) is 16.7 Å². The lowest BCUT2D eigenvalue weighted by atomic mass is 9.97. The fourth-order valence-corrected chi connectivity index (χ4v) is 3.56. The van der Waals surface area contributed by atoms with Gasteiger partial charge >= 0.3 is 0 Å². The van der Waals surface area contributed by atoms with Crippen molar-refractivity contribution in [1.82, 2.24) is 0 Å². The van der Waals surface area contributed by atoms with E-state index in [1.807, 2.05) is 12.1 Å². The van der Waals surface area contributed by atoms with E-state index in [1.54, 1.807) is 12.2 Å². The first-order valence-electron chi connectivity index (χ1n) is 7.09. The van der Waals surface area contributed by atoms with Gasteiger partial charge in [-0.1, -0.05) is 36.4 Å². The third kappa shape index (κ3) is 1.32. The van der Waals surface area contributed by atoms with Crippen molar-refractivity contribution in [2.75, 3.05) is 0 Å². The minimum atomic E-state index is 0.0688. The second-order valence-electron chi connectivity index (χ2n) is 5.58. The van der Waals surface area contributed by atoms with Crippen LogP contribution in [-0.2, 0) is 11.2 Å². The second kappa shape index (κ2) is 3.67. The van der Waals surface area contributed by atoms with E-state index in [2.05, 4.69) is 35.3 Å². The zero-order valence-electron chi connectivity index (χ0n) is 11.3. The van der Waals surface area contributed by atoms with Crippen molar-refractivity contribution < 1.29 is 4.79 Å². The Labute approximate surface area is 121 Å². The van der Waals surface area contributed by atoms with Gasteiger partial charge < -0.3 is 0 Å².